The number of allylic oxidation sites excluding steroid dienone is 2. The van der Waals surface area contributed by atoms with Gasteiger partial charge < -0.3 is 15.3 Å². The number of carbonyl (C=O) groups excluding carboxylic acids is 1. The average Bonchev–Trinajstić information content (AvgIpc) is 2.76. The highest BCUT2D eigenvalue weighted by molar-refractivity contribution is 5.90. The van der Waals surface area contributed by atoms with Crippen molar-refractivity contribution in [2.75, 3.05) is 0 Å². The highest BCUT2D eigenvalue weighted by Crippen LogP contribution is 2.44. The van der Waals surface area contributed by atoms with E-state index < -0.39 is 23.6 Å². The van der Waals surface area contributed by atoms with Crippen LogP contribution in [0.15, 0.2) is 24.3 Å². The molecule has 1 fully saturated rings. The number of hydrogen-bond donors (Lipinski definition) is 3. The molecule has 5 nitrogen and oxygen atoms in total. The lowest BCUT2D eigenvalue weighted by Gasteiger charge is -2.22. The Kier molecular flexibility index (Phi) is 9.95. The minimum Gasteiger partial charge on any atom is -0.481 e. The molecule has 0 radical (unpaired) electrons. The van der Waals surface area contributed by atoms with Crippen molar-refractivity contribution in [3.8, 4) is 0 Å². The van der Waals surface area contributed by atoms with Gasteiger partial charge in [-0.25, -0.2) is 0 Å². The Bertz CT molecular complexity index is 535. The summed E-state index contributed by atoms with van der Waals surface area (Å²) in [6.45, 7) is 5.66. The van der Waals surface area contributed by atoms with Crippen molar-refractivity contribution in [1.29, 1.82) is 0 Å². The Morgan fingerprint density at radius 1 is 1.22 bits per heavy atom. The predicted molar refractivity (Wildman–Crippen MR) is 106 cm³/mol. The van der Waals surface area contributed by atoms with Crippen LogP contribution in [0.2, 0.25) is 0 Å². The number of unbranched alkanes of at least 4 members (excludes halogenated alkanes) is 3. The van der Waals surface area contributed by atoms with Crippen LogP contribution in [0.3, 0.4) is 0 Å². The fraction of sp³-hybridized carbons (Fsp3) is 0.727. The van der Waals surface area contributed by atoms with E-state index in [0.29, 0.717) is 25.7 Å². The molecule has 27 heavy (non-hydrogen) atoms. The van der Waals surface area contributed by atoms with Gasteiger partial charge in [0.05, 0.1) is 17.6 Å². The summed E-state index contributed by atoms with van der Waals surface area (Å²) >= 11 is 0. The molecule has 1 unspecified atom stereocenters. The van der Waals surface area contributed by atoms with Crippen LogP contribution in [0.25, 0.3) is 0 Å². The average molecular weight is 381 g/mol. The fourth-order valence-electron chi connectivity index (χ4n) is 3.69. The third-order valence-corrected chi connectivity index (χ3v) is 5.52. The SMILES string of the molecule is CCCCCC(O)/C=C/[C@@H]1[C@@H](C/C=C\CCCC(=O)O)C(=O)C(C)(C)[C@H]1O. The Hall–Kier alpha value is -1.46. The third-order valence-electron chi connectivity index (χ3n) is 5.52. The molecular formula is C22H36O5. The molecule has 1 saturated carbocycles. The standard InChI is InChI=1S/C22H36O5/c1-4-5-8-11-16(23)14-15-18-17(20(26)22(2,3)21(18)27)12-9-6-7-10-13-19(24)25/h6,9,14-18,21,23,27H,4-5,7-8,10-13H2,1-3H3,(H,24,25)/b9-6-,15-14+/t16?,17-,18-,21+/m1/s1. The summed E-state index contributed by atoms with van der Waals surface area (Å²) in [6, 6.07) is 0. The number of carboxylic acid groups (broad SMARTS) is 1. The maximum absolute atomic E-state index is 12.7. The Balaban J connectivity index is 2.69. The first-order chi connectivity index (χ1) is 12.7. The first kappa shape index (κ1) is 23.6. The molecule has 4 atom stereocenters. The van der Waals surface area contributed by atoms with E-state index in [1.165, 1.54) is 0 Å². The number of aliphatic hydroxyl groups excluding tert-OH is 2. The molecule has 0 bridgehead atoms. The van der Waals surface area contributed by atoms with Crippen LogP contribution < -0.4 is 0 Å². The third kappa shape index (κ3) is 7.23. The summed E-state index contributed by atoms with van der Waals surface area (Å²) in [7, 11) is 0. The summed E-state index contributed by atoms with van der Waals surface area (Å²) < 4.78 is 0. The van der Waals surface area contributed by atoms with E-state index in [4.69, 9.17) is 5.11 Å². The van der Waals surface area contributed by atoms with Gasteiger partial charge in [0, 0.05) is 18.3 Å². The molecule has 5 heteroatoms. The largest absolute Gasteiger partial charge is 0.481 e. The van der Waals surface area contributed by atoms with E-state index >= 15 is 0 Å². The maximum atomic E-state index is 12.7. The van der Waals surface area contributed by atoms with E-state index in [2.05, 4.69) is 6.92 Å². The molecule has 0 amide bonds. The minimum absolute atomic E-state index is 0.0420. The van der Waals surface area contributed by atoms with Gasteiger partial charge in [-0.1, -0.05) is 64.3 Å². The molecule has 0 spiro atoms. The van der Waals surface area contributed by atoms with Gasteiger partial charge in [-0.3, -0.25) is 9.59 Å². The van der Waals surface area contributed by atoms with Gasteiger partial charge in [-0.05, 0) is 25.7 Å². The van der Waals surface area contributed by atoms with Gasteiger partial charge in [-0.2, -0.15) is 0 Å². The van der Waals surface area contributed by atoms with Crippen molar-refractivity contribution in [1.82, 2.24) is 0 Å². The number of carboxylic acids is 1. The lowest BCUT2D eigenvalue weighted by molar-refractivity contribution is -0.137. The number of aliphatic carboxylic acids is 1. The summed E-state index contributed by atoms with van der Waals surface area (Å²) in [5.41, 5.74) is -0.802. The van der Waals surface area contributed by atoms with Crippen molar-refractivity contribution in [3.05, 3.63) is 24.3 Å². The van der Waals surface area contributed by atoms with E-state index in [1.807, 2.05) is 18.2 Å². The summed E-state index contributed by atoms with van der Waals surface area (Å²) in [6.07, 6.45) is 11.8. The monoisotopic (exact) mass is 380 g/mol. The van der Waals surface area contributed by atoms with Gasteiger partial charge in [0.25, 0.3) is 0 Å². The van der Waals surface area contributed by atoms with Crippen LogP contribution in [-0.2, 0) is 9.59 Å². The zero-order valence-electron chi connectivity index (χ0n) is 16.9. The van der Waals surface area contributed by atoms with Gasteiger partial charge in [0.2, 0.25) is 0 Å². The summed E-state index contributed by atoms with van der Waals surface area (Å²) in [5, 5.41) is 29.4. The van der Waals surface area contributed by atoms with E-state index in [-0.39, 0.29) is 24.0 Å². The second-order valence-corrected chi connectivity index (χ2v) is 8.16. The van der Waals surface area contributed by atoms with Crippen LogP contribution in [0.1, 0.15) is 72.1 Å². The van der Waals surface area contributed by atoms with E-state index in [1.54, 1.807) is 19.9 Å². The maximum Gasteiger partial charge on any atom is 0.303 e. The summed E-state index contributed by atoms with van der Waals surface area (Å²) in [5.74, 6) is -1.39. The first-order valence-corrected chi connectivity index (χ1v) is 10.2. The van der Waals surface area contributed by atoms with Gasteiger partial charge in [0.15, 0.2) is 0 Å². The second-order valence-electron chi connectivity index (χ2n) is 8.16. The molecule has 0 aromatic carbocycles. The van der Waals surface area contributed by atoms with E-state index in [9.17, 15) is 19.8 Å². The predicted octanol–water partition coefficient (Wildman–Crippen LogP) is 3.89. The van der Waals surface area contributed by atoms with Crippen LogP contribution in [0.4, 0.5) is 0 Å². The van der Waals surface area contributed by atoms with Crippen molar-refractivity contribution >= 4 is 11.8 Å². The molecule has 0 aromatic heterocycles. The molecule has 154 valence electrons. The smallest absolute Gasteiger partial charge is 0.303 e. The number of aliphatic hydroxyl groups is 2. The van der Waals surface area contributed by atoms with Gasteiger partial charge in [-0.15, -0.1) is 0 Å². The Morgan fingerprint density at radius 2 is 1.93 bits per heavy atom. The Morgan fingerprint density at radius 3 is 2.56 bits per heavy atom. The van der Waals surface area contributed by atoms with Gasteiger partial charge >= 0.3 is 5.97 Å². The number of Topliss-reactive ketones (excluding diaryl/α,β-unsaturated/α-hetero) is 1. The Labute approximate surface area is 163 Å². The second kappa shape index (κ2) is 11.4. The molecule has 1 aliphatic carbocycles. The van der Waals surface area contributed by atoms with Crippen molar-refractivity contribution in [2.45, 2.75) is 84.3 Å². The number of carbonyl (C=O) groups is 2. The molecular weight excluding hydrogens is 344 g/mol. The van der Waals surface area contributed by atoms with Crippen LogP contribution in [0.5, 0.6) is 0 Å². The zero-order chi connectivity index (χ0) is 20.4. The highest BCUT2D eigenvalue weighted by Gasteiger charge is 2.52. The molecule has 0 aliphatic heterocycles. The number of hydrogen-bond acceptors (Lipinski definition) is 4. The normalized spacial score (nSPS) is 26.3. The minimum atomic E-state index is -0.804. The molecule has 3 N–H and O–H groups in total. The molecule has 0 saturated heterocycles. The van der Waals surface area contributed by atoms with Crippen LogP contribution >= 0.6 is 0 Å². The molecule has 1 rings (SSSR count). The zero-order valence-corrected chi connectivity index (χ0v) is 16.9. The molecule has 0 heterocycles. The first-order valence-electron chi connectivity index (χ1n) is 10.2. The van der Waals surface area contributed by atoms with Gasteiger partial charge in [0.1, 0.15) is 5.78 Å². The molecule has 1 aliphatic rings. The van der Waals surface area contributed by atoms with E-state index in [0.717, 1.165) is 19.3 Å². The summed E-state index contributed by atoms with van der Waals surface area (Å²) in [4.78, 5) is 23.3. The number of ketones is 1. The van der Waals surface area contributed by atoms with Crippen molar-refractivity contribution in [2.24, 2.45) is 17.3 Å². The number of rotatable bonds is 12. The topological polar surface area (TPSA) is 94.8 Å². The highest BCUT2D eigenvalue weighted by atomic mass is 16.4. The lowest BCUT2D eigenvalue weighted by atomic mass is 9.86. The lowest BCUT2D eigenvalue weighted by Crippen LogP contribution is -2.31. The quantitative estimate of drug-likeness (QED) is 0.353. The van der Waals surface area contributed by atoms with Crippen molar-refractivity contribution < 1.29 is 24.9 Å². The molecule has 0 aromatic rings. The fourth-order valence-corrected chi connectivity index (χ4v) is 3.69. The van der Waals surface area contributed by atoms with Crippen molar-refractivity contribution in [3.63, 3.8) is 0 Å². The van der Waals surface area contributed by atoms with Crippen LogP contribution in [0, 0.1) is 17.3 Å². The van der Waals surface area contributed by atoms with Crippen LogP contribution in [-0.4, -0.2) is 39.3 Å².